The lowest BCUT2D eigenvalue weighted by Crippen LogP contribution is -2.41. The Morgan fingerprint density at radius 1 is 1.16 bits per heavy atom. The Labute approximate surface area is 190 Å². The van der Waals surface area contributed by atoms with Crippen LogP contribution in [0, 0.1) is 5.92 Å². The first-order valence-electron chi connectivity index (χ1n) is 11.5. The Bertz CT molecular complexity index is 833. The lowest BCUT2D eigenvalue weighted by atomic mass is 9.99. The maximum absolute atomic E-state index is 12.7. The van der Waals surface area contributed by atoms with Gasteiger partial charge in [-0.3, -0.25) is 9.69 Å². The summed E-state index contributed by atoms with van der Waals surface area (Å²) in [6.07, 6.45) is 4.65. The minimum absolute atomic E-state index is 0.165. The summed E-state index contributed by atoms with van der Waals surface area (Å²) in [5.74, 6) is 1.50. The van der Waals surface area contributed by atoms with Gasteiger partial charge in [-0.1, -0.05) is 18.2 Å². The van der Waals surface area contributed by atoms with Crippen molar-refractivity contribution in [3.05, 3.63) is 52.2 Å². The number of hydrogen-bond donors (Lipinski definition) is 0. The number of likely N-dealkylation sites (tertiary alicyclic amines) is 2. The van der Waals surface area contributed by atoms with Gasteiger partial charge in [0.15, 0.2) is 0 Å². The number of benzene rings is 1. The van der Waals surface area contributed by atoms with Gasteiger partial charge in [-0.15, -0.1) is 11.3 Å². The molecule has 168 valence electrons. The van der Waals surface area contributed by atoms with Crippen LogP contribution in [-0.4, -0.2) is 73.5 Å². The van der Waals surface area contributed by atoms with Crippen molar-refractivity contribution in [3.8, 4) is 5.75 Å². The molecular weight excluding hydrogens is 406 g/mol. The highest BCUT2D eigenvalue weighted by Crippen LogP contribution is 2.23. The quantitative estimate of drug-likeness (QED) is 0.645. The Morgan fingerprint density at radius 3 is 2.77 bits per heavy atom. The third kappa shape index (κ3) is 6.09. The van der Waals surface area contributed by atoms with Gasteiger partial charge >= 0.3 is 0 Å². The Morgan fingerprint density at radius 2 is 2.00 bits per heavy atom. The molecular formula is C25H35N3O2S. The zero-order valence-corrected chi connectivity index (χ0v) is 19.7. The summed E-state index contributed by atoms with van der Waals surface area (Å²) in [7, 11) is 4.45. The predicted octanol–water partition coefficient (Wildman–Crippen LogP) is 4.21. The van der Waals surface area contributed by atoms with Crippen LogP contribution in [0.5, 0.6) is 5.75 Å². The molecule has 4 rings (SSSR count). The standard InChI is InChI=1S/C25H35N3O2S/c1-26-13-10-22(11-14-26)27(2)17-20-6-3-8-23(16-20)30-19-21-7-4-12-28(18-21)25(29)24-9-5-15-31-24/h3,5-6,8-9,15-16,21-22H,4,7,10-14,17-19H2,1-2H3/t21-/m1/s1. The van der Waals surface area contributed by atoms with Crippen LogP contribution < -0.4 is 4.74 Å². The molecule has 6 heteroatoms. The van der Waals surface area contributed by atoms with Crippen molar-refractivity contribution in [2.24, 2.45) is 5.92 Å². The van der Waals surface area contributed by atoms with E-state index in [-0.39, 0.29) is 5.91 Å². The molecule has 1 aromatic heterocycles. The molecule has 3 heterocycles. The van der Waals surface area contributed by atoms with Crippen molar-refractivity contribution in [1.29, 1.82) is 0 Å². The van der Waals surface area contributed by atoms with Gasteiger partial charge < -0.3 is 14.5 Å². The van der Waals surface area contributed by atoms with Gasteiger partial charge in [0, 0.05) is 31.6 Å². The van der Waals surface area contributed by atoms with E-state index in [4.69, 9.17) is 4.74 Å². The third-order valence-corrected chi connectivity index (χ3v) is 7.52. The van der Waals surface area contributed by atoms with E-state index in [1.54, 1.807) is 0 Å². The van der Waals surface area contributed by atoms with E-state index in [0.29, 0.717) is 18.6 Å². The molecule has 0 aliphatic carbocycles. The summed E-state index contributed by atoms with van der Waals surface area (Å²) in [4.78, 5) is 20.4. The topological polar surface area (TPSA) is 36.0 Å². The number of thiophene rings is 1. The number of piperidine rings is 2. The molecule has 0 bridgehead atoms. The first kappa shape index (κ1) is 22.3. The molecule has 2 aliphatic rings. The normalized spacial score (nSPS) is 20.9. The van der Waals surface area contributed by atoms with Crippen LogP contribution in [0.3, 0.4) is 0 Å². The molecule has 0 spiro atoms. The molecule has 2 fully saturated rings. The molecule has 0 saturated carbocycles. The summed E-state index contributed by atoms with van der Waals surface area (Å²) >= 11 is 1.52. The van der Waals surface area contributed by atoms with E-state index in [0.717, 1.165) is 43.1 Å². The second-order valence-electron chi connectivity index (χ2n) is 9.14. The van der Waals surface area contributed by atoms with Crippen molar-refractivity contribution in [2.45, 2.75) is 38.3 Å². The smallest absolute Gasteiger partial charge is 0.263 e. The highest BCUT2D eigenvalue weighted by Gasteiger charge is 2.25. The van der Waals surface area contributed by atoms with E-state index < -0.39 is 0 Å². The second kappa shape index (κ2) is 10.6. The molecule has 0 radical (unpaired) electrons. The summed E-state index contributed by atoms with van der Waals surface area (Å²) < 4.78 is 6.19. The first-order chi connectivity index (χ1) is 15.1. The van der Waals surface area contributed by atoms with Crippen LogP contribution in [0.15, 0.2) is 41.8 Å². The number of nitrogens with zero attached hydrogens (tertiary/aromatic N) is 3. The second-order valence-corrected chi connectivity index (χ2v) is 10.1. The summed E-state index contributed by atoms with van der Waals surface area (Å²) in [6.45, 7) is 5.64. The van der Waals surface area contributed by atoms with E-state index >= 15 is 0 Å². The predicted molar refractivity (Wildman–Crippen MR) is 127 cm³/mol. The first-order valence-corrected chi connectivity index (χ1v) is 12.4. The lowest BCUT2D eigenvalue weighted by Gasteiger charge is -2.35. The Balaban J connectivity index is 1.27. The van der Waals surface area contributed by atoms with E-state index in [9.17, 15) is 4.79 Å². The van der Waals surface area contributed by atoms with Crippen LogP contribution in [0.2, 0.25) is 0 Å². The molecule has 2 saturated heterocycles. The van der Waals surface area contributed by atoms with Gasteiger partial charge in [0.2, 0.25) is 0 Å². The molecule has 1 amide bonds. The monoisotopic (exact) mass is 441 g/mol. The van der Waals surface area contributed by atoms with Gasteiger partial charge in [-0.2, -0.15) is 0 Å². The molecule has 0 N–H and O–H groups in total. The highest BCUT2D eigenvalue weighted by atomic mass is 32.1. The number of carbonyl (C=O) groups excluding carboxylic acids is 1. The van der Waals surface area contributed by atoms with Crippen LogP contribution >= 0.6 is 11.3 Å². The van der Waals surface area contributed by atoms with Gasteiger partial charge in [0.1, 0.15) is 5.75 Å². The van der Waals surface area contributed by atoms with Gasteiger partial charge in [-0.05, 0) is 82.0 Å². The van der Waals surface area contributed by atoms with Gasteiger partial charge in [0.05, 0.1) is 11.5 Å². The number of hydrogen-bond acceptors (Lipinski definition) is 5. The van der Waals surface area contributed by atoms with Crippen molar-refractivity contribution >= 4 is 17.2 Å². The zero-order valence-electron chi connectivity index (χ0n) is 18.8. The molecule has 31 heavy (non-hydrogen) atoms. The fourth-order valence-electron chi connectivity index (χ4n) is 4.74. The number of amides is 1. The van der Waals surface area contributed by atoms with Crippen molar-refractivity contribution in [1.82, 2.24) is 14.7 Å². The SMILES string of the molecule is CN1CCC(N(C)Cc2cccc(OC[C@@H]3CCCN(C(=O)c4cccs4)C3)c2)CC1. The minimum Gasteiger partial charge on any atom is -0.493 e. The fraction of sp³-hybridized carbons (Fsp3) is 0.560. The van der Waals surface area contributed by atoms with E-state index in [2.05, 4.69) is 48.2 Å². The summed E-state index contributed by atoms with van der Waals surface area (Å²) in [5, 5.41) is 1.97. The fourth-order valence-corrected chi connectivity index (χ4v) is 5.43. The van der Waals surface area contributed by atoms with Crippen molar-refractivity contribution in [2.75, 3.05) is 46.9 Å². The van der Waals surface area contributed by atoms with Crippen LogP contribution in [0.4, 0.5) is 0 Å². The summed E-state index contributed by atoms with van der Waals surface area (Å²) in [5.41, 5.74) is 1.30. The lowest BCUT2D eigenvalue weighted by molar-refractivity contribution is 0.0638. The van der Waals surface area contributed by atoms with Crippen LogP contribution in [0.1, 0.15) is 40.9 Å². The maximum atomic E-state index is 12.7. The largest absolute Gasteiger partial charge is 0.493 e. The molecule has 0 unspecified atom stereocenters. The zero-order chi connectivity index (χ0) is 21.6. The average molecular weight is 442 g/mol. The molecule has 1 aromatic carbocycles. The molecule has 5 nitrogen and oxygen atoms in total. The number of rotatable bonds is 7. The van der Waals surface area contributed by atoms with Gasteiger partial charge in [0.25, 0.3) is 5.91 Å². The third-order valence-electron chi connectivity index (χ3n) is 6.67. The van der Waals surface area contributed by atoms with Crippen molar-refractivity contribution < 1.29 is 9.53 Å². The van der Waals surface area contributed by atoms with E-state index in [1.165, 1.54) is 42.8 Å². The maximum Gasteiger partial charge on any atom is 0.263 e. The van der Waals surface area contributed by atoms with E-state index in [1.807, 2.05) is 22.4 Å². The molecule has 1 atom stereocenters. The minimum atomic E-state index is 0.165. The Hall–Kier alpha value is -1.89. The van der Waals surface area contributed by atoms with Crippen LogP contribution in [0.25, 0.3) is 0 Å². The van der Waals surface area contributed by atoms with Crippen molar-refractivity contribution in [3.63, 3.8) is 0 Å². The number of carbonyl (C=O) groups is 1. The average Bonchev–Trinajstić information content (AvgIpc) is 3.33. The van der Waals surface area contributed by atoms with Gasteiger partial charge in [-0.25, -0.2) is 0 Å². The number of ether oxygens (including phenoxy) is 1. The highest BCUT2D eigenvalue weighted by molar-refractivity contribution is 7.12. The summed E-state index contributed by atoms with van der Waals surface area (Å²) in [6, 6.07) is 13.1. The Kier molecular flexibility index (Phi) is 7.64. The molecule has 2 aromatic rings. The molecule has 2 aliphatic heterocycles. The van der Waals surface area contributed by atoms with Crippen LogP contribution in [-0.2, 0) is 6.54 Å².